The molecular formula is C5H12BOW-. The van der Waals surface area contributed by atoms with Gasteiger partial charge < -0.3 is 12.4 Å². The molecule has 0 heterocycles. The van der Waals surface area contributed by atoms with Gasteiger partial charge in [-0.1, -0.05) is 19.2 Å². The van der Waals surface area contributed by atoms with Crippen LogP contribution in [0.5, 0.6) is 0 Å². The molecule has 0 aromatic heterocycles. The first-order valence-electron chi connectivity index (χ1n) is 2.41. The Bertz CT molecular complexity index is 24.4. The smallest absolute Gasteiger partial charge is 0.0652 e. The Morgan fingerprint density at radius 2 is 1.75 bits per heavy atom. The second-order valence-electron chi connectivity index (χ2n) is 1.35. The maximum Gasteiger partial charge on any atom is 0.0652 e. The summed E-state index contributed by atoms with van der Waals surface area (Å²) in [6, 6.07) is 0. The van der Waals surface area contributed by atoms with Crippen LogP contribution in [-0.4, -0.2) is 13.3 Å². The van der Waals surface area contributed by atoms with Crippen molar-refractivity contribution >= 4 is 7.85 Å². The van der Waals surface area contributed by atoms with E-state index in [0.717, 1.165) is 19.2 Å². The van der Waals surface area contributed by atoms with Crippen LogP contribution in [0.4, 0.5) is 0 Å². The first-order chi connectivity index (χ1) is 2.91. The molecule has 3 heteroatoms. The van der Waals surface area contributed by atoms with Gasteiger partial charge in [0.2, 0.25) is 0 Å². The molecule has 0 rings (SSSR count). The predicted octanol–water partition coefficient (Wildman–Crippen LogP) is 0.750. The summed E-state index contributed by atoms with van der Waals surface area (Å²) in [7, 11) is 5.19. The van der Waals surface area contributed by atoms with Crippen LogP contribution < -0.4 is 0 Å². The van der Waals surface area contributed by atoms with E-state index < -0.39 is 0 Å². The third-order valence-corrected chi connectivity index (χ3v) is 0.704. The predicted molar refractivity (Wildman–Crippen MR) is 33.4 cm³/mol. The molecule has 0 bridgehead atoms. The van der Waals surface area contributed by atoms with Crippen LogP contribution >= 0.6 is 0 Å². The van der Waals surface area contributed by atoms with E-state index in [4.69, 9.17) is 7.85 Å². The Balaban J connectivity index is -0.000000125. The van der Waals surface area contributed by atoms with E-state index in [1.165, 1.54) is 6.42 Å². The minimum Gasteiger partial charge on any atom is -0.412 e. The molecule has 8 heavy (non-hydrogen) atoms. The molecule has 1 nitrogen and oxygen atoms in total. The molecule has 0 aromatic rings. The van der Waals surface area contributed by atoms with E-state index in [2.05, 4.69) is 6.92 Å². The molecule has 0 saturated carbocycles. The fraction of sp³-hybridized carbons (Fsp3) is 0.800. The van der Waals surface area contributed by atoms with Crippen molar-refractivity contribution in [1.82, 2.24) is 0 Å². The quantitative estimate of drug-likeness (QED) is 0.416. The molecule has 0 atom stereocenters. The maximum atomic E-state index is 5.19. The largest absolute Gasteiger partial charge is 0.412 e. The SMILES string of the molecule is O.[B]CCCC[CH2-].[W]. The third kappa shape index (κ3) is 15.9. The van der Waals surface area contributed by atoms with Crippen LogP contribution in [-0.2, 0) is 21.1 Å². The summed E-state index contributed by atoms with van der Waals surface area (Å²) < 4.78 is 0. The summed E-state index contributed by atoms with van der Waals surface area (Å²) in [5, 5.41) is 0. The van der Waals surface area contributed by atoms with Crippen molar-refractivity contribution in [2.24, 2.45) is 0 Å². The maximum absolute atomic E-state index is 5.19. The molecule has 48 valence electrons. The van der Waals surface area contributed by atoms with Gasteiger partial charge in [0.05, 0.1) is 7.85 Å². The normalized spacial score (nSPS) is 6.62. The van der Waals surface area contributed by atoms with E-state index in [1.807, 2.05) is 0 Å². The fourth-order valence-corrected chi connectivity index (χ4v) is 0.321. The molecule has 0 spiro atoms. The Hall–Kier alpha value is 0.713. The van der Waals surface area contributed by atoms with E-state index >= 15 is 0 Å². The number of unbranched alkanes of at least 4 members (excludes halogenated alkanes) is 2. The van der Waals surface area contributed by atoms with Gasteiger partial charge in [-0.3, -0.25) is 0 Å². The number of hydrogen-bond donors (Lipinski definition) is 0. The van der Waals surface area contributed by atoms with Crippen LogP contribution in [0.15, 0.2) is 0 Å². The van der Waals surface area contributed by atoms with E-state index in [0.29, 0.717) is 0 Å². The summed E-state index contributed by atoms with van der Waals surface area (Å²) in [6.45, 7) is 3.67. The Morgan fingerprint density at radius 3 is 1.88 bits per heavy atom. The Labute approximate surface area is 67.2 Å². The molecule has 0 aliphatic carbocycles. The zero-order chi connectivity index (χ0) is 4.83. The zero-order valence-electron chi connectivity index (χ0n) is 5.02. The average Bonchev–Trinajstić information content (AvgIpc) is 1.61. The monoisotopic (exact) mass is 283 g/mol. The van der Waals surface area contributed by atoms with Crippen molar-refractivity contribution in [2.75, 3.05) is 0 Å². The molecule has 0 amide bonds. The molecule has 2 N–H and O–H groups in total. The van der Waals surface area contributed by atoms with Gasteiger partial charge in [-0.2, -0.15) is 6.42 Å². The molecule has 0 aromatic carbocycles. The molecule has 0 saturated heterocycles. The van der Waals surface area contributed by atoms with Crippen LogP contribution in [0.25, 0.3) is 0 Å². The van der Waals surface area contributed by atoms with Crippen molar-refractivity contribution in [3.05, 3.63) is 6.92 Å². The summed E-state index contributed by atoms with van der Waals surface area (Å²) >= 11 is 0. The number of hydrogen-bond acceptors (Lipinski definition) is 0. The average molecular weight is 283 g/mol. The van der Waals surface area contributed by atoms with Gasteiger partial charge in [-0.25, -0.2) is 0 Å². The summed E-state index contributed by atoms with van der Waals surface area (Å²) in [5.41, 5.74) is 0. The topological polar surface area (TPSA) is 31.5 Å². The van der Waals surface area contributed by atoms with E-state index in [-0.39, 0.29) is 26.5 Å². The van der Waals surface area contributed by atoms with Gasteiger partial charge in [0.15, 0.2) is 0 Å². The van der Waals surface area contributed by atoms with Crippen molar-refractivity contribution < 1.29 is 26.5 Å². The molecular weight excluding hydrogens is 271 g/mol. The van der Waals surface area contributed by atoms with Gasteiger partial charge >= 0.3 is 0 Å². The van der Waals surface area contributed by atoms with Gasteiger partial charge in [-0.05, 0) is 0 Å². The number of rotatable bonds is 3. The minimum absolute atomic E-state index is 0. The molecule has 0 unspecified atom stereocenters. The van der Waals surface area contributed by atoms with Crippen LogP contribution in [0, 0.1) is 6.92 Å². The third-order valence-electron chi connectivity index (χ3n) is 0.704. The Morgan fingerprint density at radius 1 is 1.25 bits per heavy atom. The summed E-state index contributed by atoms with van der Waals surface area (Å²) in [5.74, 6) is 0. The molecule has 0 fully saturated rings. The van der Waals surface area contributed by atoms with E-state index in [1.54, 1.807) is 0 Å². The second kappa shape index (κ2) is 15.6. The molecule has 2 radical (unpaired) electrons. The van der Waals surface area contributed by atoms with Gasteiger partial charge in [0.25, 0.3) is 0 Å². The second-order valence-corrected chi connectivity index (χ2v) is 1.35. The van der Waals surface area contributed by atoms with Crippen molar-refractivity contribution in [1.29, 1.82) is 0 Å². The van der Waals surface area contributed by atoms with Gasteiger partial charge in [0, 0.05) is 21.1 Å². The fourth-order valence-electron chi connectivity index (χ4n) is 0.321. The van der Waals surface area contributed by atoms with Crippen LogP contribution in [0.3, 0.4) is 0 Å². The zero-order valence-corrected chi connectivity index (χ0v) is 7.95. The summed E-state index contributed by atoms with van der Waals surface area (Å²) in [4.78, 5) is 0. The first-order valence-corrected chi connectivity index (χ1v) is 2.41. The first kappa shape index (κ1) is 15.9. The standard InChI is InChI=1S/C5H10B.H2O.W/c1-2-3-4-5-6;;/h1-5H2;1H2;/q-1;;. The van der Waals surface area contributed by atoms with Gasteiger partial charge in [0.1, 0.15) is 0 Å². The van der Waals surface area contributed by atoms with Crippen LogP contribution in [0.1, 0.15) is 19.3 Å². The van der Waals surface area contributed by atoms with Crippen molar-refractivity contribution in [3.63, 3.8) is 0 Å². The molecule has 0 aliphatic rings. The minimum atomic E-state index is 0. The van der Waals surface area contributed by atoms with Crippen LogP contribution in [0.2, 0.25) is 6.32 Å². The Kier molecular flexibility index (Phi) is 31.1. The summed E-state index contributed by atoms with van der Waals surface area (Å²) in [6.07, 6.45) is 4.15. The van der Waals surface area contributed by atoms with E-state index in [9.17, 15) is 0 Å². The van der Waals surface area contributed by atoms with Crippen molar-refractivity contribution in [3.8, 4) is 0 Å². The van der Waals surface area contributed by atoms with Crippen molar-refractivity contribution in [2.45, 2.75) is 25.6 Å². The molecule has 0 aliphatic heterocycles. The van der Waals surface area contributed by atoms with Gasteiger partial charge in [-0.15, -0.1) is 0 Å².